The van der Waals surface area contributed by atoms with Crippen LogP contribution in [0.4, 0.5) is 0 Å². The van der Waals surface area contributed by atoms with E-state index in [2.05, 4.69) is 5.10 Å². The summed E-state index contributed by atoms with van der Waals surface area (Å²) in [6.45, 7) is 3.15. The van der Waals surface area contributed by atoms with E-state index in [1.54, 1.807) is 6.92 Å². The minimum atomic E-state index is 0.145. The lowest BCUT2D eigenvalue weighted by Gasteiger charge is -2.25. The summed E-state index contributed by atoms with van der Waals surface area (Å²) >= 11 is 0. The molecule has 0 radical (unpaired) electrons. The van der Waals surface area contributed by atoms with Crippen LogP contribution in [-0.2, 0) is 24.8 Å². The summed E-state index contributed by atoms with van der Waals surface area (Å²) in [5.41, 5.74) is 2.45. The second kappa shape index (κ2) is 2.87. The Kier molecular flexibility index (Phi) is 1.83. The van der Waals surface area contributed by atoms with Crippen molar-refractivity contribution in [3.8, 4) is 0 Å². The van der Waals surface area contributed by atoms with Crippen LogP contribution in [0, 0.1) is 0 Å². The topological polar surface area (TPSA) is 38.1 Å². The molecule has 1 aromatic rings. The molecule has 0 saturated heterocycles. The van der Waals surface area contributed by atoms with Gasteiger partial charge in [0.25, 0.3) is 0 Å². The predicted molar refractivity (Wildman–Crippen MR) is 48.0 cm³/mol. The lowest BCUT2D eigenvalue weighted by Crippen LogP contribution is -2.34. The fourth-order valence-electron chi connectivity index (χ4n) is 1.71. The summed E-state index contributed by atoms with van der Waals surface area (Å²) in [5, 5.41) is 4.17. The lowest BCUT2D eigenvalue weighted by atomic mass is 10.1. The number of amides is 1. The van der Waals surface area contributed by atoms with Gasteiger partial charge in [0.2, 0.25) is 5.91 Å². The molecule has 70 valence electrons. The molecule has 0 aromatic carbocycles. The first-order valence-electron chi connectivity index (χ1n) is 4.43. The van der Waals surface area contributed by atoms with Crippen LogP contribution >= 0.6 is 0 Å². The molecule has 1 aromatic heterocycles. The third-order valence-electron chi connectivity index (χ3n) is 2.59. The third kappa shape index (κ3) is 1.32. The van der Waals surface area contributed by atoms with Gasteiger partial charge in [-0.05, 0) is 12.0 Å². The van der Waals surface area contributed by atoms with Gasteiger partial charge in [-0.2, -0.15) is 5.10 Å². The van der Waals surface area contributed by atoms with Crippen molar-refractivity contribution in [2.24, 2.45) is 7.05 Å². The number of aromatic nitrogens is 2. The second-order valence-electron chi connectivity index (χ2n) is 3.43. The molecular weight excluding hydrogens is 166 g/mol. The van der Waals surface area contributed by atoms with E-state index in [9.17, 15) is 4.79 Å². The molecule has 4 heteroatoms. The largest absolute Gasteiger partial charge is 0.337 e. The summed E-state index contributed by atoms with van der Waals surface area (Å²) < 4.78 is 1.85. The van der Waals surface area contributed by atoms with Crippen molar-refractivity contribution in [2.45, 2.75) is 19.9 Å². The molecule has 4 nitrogen and oxygen atoms in total. The van der Waals surface area contributed by atoms with Crippen LogP contribution < -0.4 is 0 Å². The fraction of sp³-hybridized carbons (Fsp3) is 0.556. The molecule has 2 heterocycles. The number of aryl methyl sites for hydroxylation is 1. The van der Waals surface area contributed by atoms with E-state index >= 15 is 0 Å². The van der Waals surface area contributed by atoms with Crippen LogP contribution in [0.1, 0.15) is 18.2 Å². The third-order valence-corrected chi connectivity index (χ3v) is 2.59. The molecule has 0 unspecified atom stereocenters. The summed E-state index contributed by atoms with van der Waals surface area (Å²) in [6.07, 6.45) is 2.83. The van der Waals surface area contributed by atoms with E-state index in [1.165, 1.54) is 11.3 Å². The Morgan fingerprint density at radius 2 is 2.38 bits per heavy atom. The second-order valence-corrected chi connectivity index (χ2v) is 3.43. The quantitative estimate of drug-likeness (QED) is 0.575. The average Bonchev–Trinajstić information content (AvgIpc) is 2.47. The zero-order valence-electron chi connectivity index (χ0n) is 7.95. The van der Waals surface area contributed by atoms with Crippen LogP contribution in [0.5, 0.6) is 0 Å². The summed E-state index contributed by atoms with van der Waals surface area (Å²) in [6, 6.07) is 0. The van der Waals surface area contributed by atoms with Gasteiger partial charge in [-0.15, -0.1) is 0 Å². The molecule has 0 aliphatic carbocycles. The van der Waals surface area contributed by atoms with Crippen molar-refractivity contribution >= 4 is 5.91 Å². The van der Waals surface area contributed by atoms with E-state index < -0.39 is 0 Å². The van der Waals surface area contributed by atoms with Crippen LogP contribution in [0.2, 0.25) is 0 Å². The first-order valence-corrected chi connectivity index (χ1v) is 4.43. The van der Waals surface area contributed by atoms with Gasteiger partial charge < -0.3 is 4.90 Å². The van der Waals surface area contributed by atoms with Gasteiger partial charge in [0.1, 0.15) is 0 Å². The maximum Gasteiger partial charge on any atom is 0.219 e. The predicted octanol–water partition coefficient (Wildman–Crippen LogP) is 0.325. The zero-order chi connectivity index (χ0) is 9.42. The van der Waals surface area contributed by atoms with Crippen LogP contribution in [0.15, 0.2) is 6.20 Å². The summed E-state index contributed by atoms with van der Waals surface area (Å²) in [7, 11) is 1.92. The molecule has 0 saturated carbocycles. The van der Waals surface area contributed by atoms with E-state index in [1.807, 2.05) is 22.8 Å². The van der Waals surface area contributed by atoms with E-state index in [-0.39, 0.29) is 5.91 Å². The molecule has 1 aliphatic heterocycles. The van der Waals surface area contributed by atoms with Crippen molar-refractivity contribution in [2.75, 3.05) is 6.54 Å². The van der Waals surface area contributed by atoms with Gasteiger partial charge in [-0.1, -0.05) is 0 Å². The number of rotatable bonds is 0. The smallest absolute Gasteiger partial charge is 0.219 e. The van der Waals surface area contributed by atoms with Gasteiger partial charge in [-0.3, -0.25) is 9.48 Å². The minimum absolute atomic E-state index is 0.145. The maximum absolute atomic E-state index is 11.1. The van der Waals surface area contributed by atoms with Crippen LogP contribution in [0.3, 0.4) is 0 Å². The minimum Gasteiger partial charge on any atom is -0.337 e. The molecule has 1 aliphatic rings. The summed E-state index contributed by atoms with van der Waals surface area (Å²) in [5.74, 6) is 0.145. The molecule has 0 atom stereocenters. The van der Waals surface area contributed by atoms with Crippen molar-refractivity contribution in [1.82, 2.24) is 14.7 Å². The number of fused-ring (bicyclic) bond motifs is 1. The molecule has 0 fully saturated rings. The lowest BCUT2D eigenvalue weighted by molar-refractivity contribution is -0.129. The molecule has 1 amide bonds. The van der Waals surface area contributed by atoms with Gasteiger partial charge in [-0.25, -0.2) is 0 Å². The Bertz CT molecular complexity index is 343. The normalized spacial score (nSPS) is 15.7. The molecule has 2 rings (SSSR count). The first kappa shape index (κ1) is 8.29. The highest BCUT2D eigenvalue weighted by atomic mass is 16.2. The van der Waals surface area contributed by atoms with Crippen molar-refractivity contribution in [3.05, 3.63) is 17.5 Å². The van der Waals surface area contributed by atoms with Crippen LogP contribution in [0.25, 0.3) is 0 Å². The monoisotopic (exact) mass is 179 g/mol. The SMILES string of the molecule is CC(=O)N1CCc2cnn(C)c2C1. The van der Waals surface area contributed by atoms with E-state index in [0.29, 0.717) is 6.54 Å². The fourth-order valence-corrected chi connectivity index (χ4v) is 1.71. The number of nitrogens with zero attached hydrogens (tertiary/aromatic N) is 3. The highest BCUT2D eigenvalue weighted by Gasteiger charge is 2.20. The van der Waals surface area contributed by atoms with Gasteiger partial charge in [0.05, 0.1) is 18.4 Å². The highest BCUT2D eigenvalue weighted by Crippen LogP contribution is 2.17. The zero-order valence-corrected chi connectivity index (χ0v) is 7.95. The molecule has 0 bridgehead atoms. The average molecular weight is 179 g/mol. The Hall–Kier alpha value is -1.32. The highest BCUT2D eigenvalue weighted by molar-refractivity contribution is 5.73. The number of carbonyl (C=O) groups excluding carboxylic acids is 1. The molecule has 0 spiro atoms. The Balaban J connectivity index is 2.27. The standard InChI is InChI=1S/C9H13N3O/c1-7(13)12-4-3-8-5-10-11(2)9(8)6-12/h5H,3-4,6H2,1-2H3. The molecular formula is C9H13N3O. The van der Waals surface area contributed by atoms with Crippen molar-refractivity contribution in [1.29, 1.82) is 0 Å². The van der Waals surface area contributed by atoms with Gasteiger partial charge >= 0.3 is 0 Å². The van der Waals surface area contributed by atoms with Crippen molar-refractivity contribution in [3.63, 3.8) is 0 Å². The molecule has 0 N–H and O–H groups in total. The summed E-state index contributed by atoms with van der Waals surface area (Å²) in [4.78, 5) is 13.0. The Labute approximate surface area is 77.1 Å². The first-order chi connectivity index (χ1) is 6.18. The molecule has 13 heavy (non-hydrogen) atoms. The Morgan fingerprint density at radius 1 is 1.62 bits per heavy atom. The van der Waals surface area contributed by atoms with Crippen LogP contribution in [-0.4, -0.2) is 27.1 Å². The van der Waals surface area contributed by atoms with Gasteiger partial charge in [0, 0.05) is 20.5 Å². The number of hydrogen-bond donors (Lipinski definition) is 0. The number of carbonyl (C=O) groups is 1. The van der Waals surface area contributed by atoms with Gasteiger partial charge in [0.15, 0.2) is 0 Å². The van der Waals surface area contributed by atoms with E-state index in [0.717, 1.165) is 13.0 Å². The van der Waals surface area contributed by atoms with E-state index in [4.69, 9.17) is 0 Å². The van der Waals surface area contributed by atoms with Crippen molar-refractivity contribution < 1.29 is 4.79 Å². The number of hydrogen-bond acceptors (Lipinski definition) is 2. The Morgan fingerprint density at radius 3 is 3.08 bits per heavy atom. The maximum atomic E-state index is 11.1.